The highest BCUT2D eigenvalue weighted by Crippen LogP contribution is 2.39. The molecule has 1 aliphatic heterocycles. The number of thiazole rings is 1. The van der Waals surface area contributed by atoms with E-state index in [1.54, 1.807) is 68.6 Å². The van der Waals surface area contributed by atoms with Crippen LogP contribution in [-0.4, -0.2) is 31.4 Å². The van der Waals surface area contributed by atoms with Crippen molar-refractivity contribution in [2.45, 2.75) is 32.7 Å². The van der Waals surface area contributed by atoms with Gasteiger partial charge in [-0.1, -0.05) is 47.9 Å². The van der Waals surface area contributed by atoms with E-state index in [-0.39, 0.29) is 12.2 Å². The Morgan fingerprint density at radius 2 is 1.90 bits per heavy atom. The molecule has 0 spiro atoms. The minimum absolute atomic E-state index is 0.173. The molecule has 0 N–H and O–H groups in total. The van der Waals surface area contributed by atoms with E-state index in [0.29, 0.717) is 71.2 Å². The highest BCUT2D eigenvalue weighted by Gasteiger charge is 2.36. The van der Waals surface area contributed by atoms with E-state index in [1.165, 1.54) is 23.0 Å². The van der Waals surface area contributed by atoms with Crippen LogP contribution >= 0.6 is 34.5 Å². The van der Waals surface area contributed by atoms with Crippen LogP contribution in [0.4, 0.5) is 0 Å². The topological polar surface area (TPSA) is 92.3 Å². The van der Waals surface area contributed by atoms with Gasteiger partial charge in [-0.15, -0.1) is 0 Å². The van der Waals surface area contributed by atoms with Crippen molar-refractivity contribution in [3.05, 3.63) is 101 Å². The summed E-state index contributed by atoms with van der Waals surface area (Å²) in [6, 6.07) is 13.1. The van der Waals surface area contributed by atoms with Crippen LogP contribution in [0.1, 0.15) is 44.1 Å². The maximum Gasteiger partial charge on any atom is 0.338 e. The van der Waals surface area contributed by atoms with Crippen LogP contribution in [0.25, 0.3) is 17.4 Å². The van der Waals surface area contributed by atoms with Crippen molar-refractivity contribution in [2.24, 2.45) is 4.99 Å². The number of hydrogen-bond acceptors (Lipinski definition) is 8. The number of aromatic nitrogens is 1. The minimum atomic E-state index is -0.853. The standard InChI is InChI=1S/C31H28Cl2N2O6S/c1-5-7-23-27(30(37)40-6-2)28(21-15-18(38-3)9-12-24(21)39-4)35-29(36)26(42-31(35)34-23)16-19-10-13-25(41-19)20-11-8-17(32)14-22(20)33/h8-16,28H,5-7H2,1-4H3/b26-16-/t28-/m0/s1. The Labute approximate surface area is 256 Å². The predicted octanol–water partition coefficient (Wildman–Crippen LogP) is 6.16. The van der Waals surface area contributed by atoms with Crippen molar-refractivity contribution >= 4 is 46.6 Å². The van der Waals surface area contributed by atoms with Gasteiger partial charge in [0.15, 0.2) is 4.80 Å². The summed E-state index contributed by atoms with van der Waals surface area (Å²) in [5.41, 5.74) is 1.77. The zero-order valence-electron chi connectivity index (χ0n) is 23.4. The number of nitrogens with zero attached hydrogens (tertiary/aromatic N) is 2. The van der Waals surface area contributed by atoms with Crippen LogP contribution in [0, 0.1) is 0 Å². The zero-order valence-corrected chi connectivity index (χ0v) is 25.7. The number of rotatable bonds is 9. The number of benzene rings is 2. The highest BCUT2D eigenvalue weighted by atomic mass is 35.5. The largest absolute Gasteiger partial charge is 0.497 e. The van der Waals surface area contributed by atoms with E-state index >= 15 is 0 Å². The van der Waals surface area contributed by atoms with Crippen molar-refractivity contribution in [3.63, 3.8) is 0 Å². The molecule has 5 rings (SSSR count). The van der Waals surface area contributed by atoms with Crippen molar-refractivity contribution in [1.82, 2.24) is 4.57 Å². The second-order valence-corrected chi connectivity index (χ2v) is 11.2. The van der Waals surface area contributed by atoms with Crippen molar-refractivity contribution in [2.75, 3.05) is 20.8 Å². The third kappa shape index (κ3) is 5.64. The molecule has 0 bridgehead atoms. The van der Waals surface area contributed by atoms with Gasteiger partial charge in [-0.25, -0.2) is 9.79 Å². The number of carbonyl (C=O) groups is 1. The van der Waals surface area contributed by atoms with Crippen LogP contribution < -0.4 is 24.4 Å². The molecule has 42 heavy (non-hydrogen) atoms. The number of methoxy groups -OCH3 is 2. The van der Waals surface area contributed by atoms with Crippen molar-refractivity contribution in [3.8, 4) is 22.8 Å². The number of hydrogen-bond donors (Lipinski definition) is 0. The maximum atomic E-state index is 14.1. The van der Waals surface area contributed by atoms with E-state index in [9.17, 15) is 9.59 Å². The van der Waals surface area contributed by atoms with E-state index < -0.39 is 12.0 Å². The van der Waals surface area contributed by atoms with Gasteiger partial charge in [-0.2, -0.15) is 0 Å². The van der Waals surface area contributed by atoms with E-state index in [4.69, 9.17) is 46.8 Å². The summed E-state index contributed by atoms with van der Waals surface area (Å²) in [6.07, 6.45) is 2.91. The van der Waals surface area contributed by atoms with Crippen molar-refractivity contribution < 1.29 is 23.4 Å². The first-order valence-corrected chi connectivity index (χ1v) is 14.9. The summed E-state index contributed by atoms with van der Waals surface area (Å²) in [6.45, 7) is 3.92. The lowest BCUT2D eigenvalue weighted by molar-refractivity contribution is -0.139. The molecular weight excluding hydrogens is 599 g/mol. The molecule has 4 aromatic rings. The molecule has 0 fully saturated rings. The summed E-state index contributed by atoms with van der Waals surface area (Å²) < 4.78 is 24.6. The Morgan fingerprint density at radius 1 is 1.10 bits per heavy atom. The third-order valence-corrected chi connectivity index (χ3v) is 8.25. The molecule has 1 atom stereocenters. The number of carbonyl (C=O) groups excluding carboxylic acids is 1. The van der Waals surface area contributed by atoms with Gasteiger partial charge >= 0.3 is 5.97 Å². The van der Waals surface area contributed by atoms with Gasteiger partial charge in [-0.3, -0.25) is 9.36 Å². The third-order valence-electron chi connectivity index (χ3n) is 6.72. The number of furan rings is 1. The average molecular weight is 628 g/mol. The fraction of sp³-hybridized carbons (Fsp3) is 0.258. The first-order valence-electron chi connectivity index (χ1n) is 13.3. The zero-order chi connectivity index (χ0) is 30.0. The van der Waals surface area contributed by atoms with Crippen molar-refractivity contribution in [1.29, 1.82) is 0 Å². The van der Waals surface area contributed by atoms with E-state index in [0.717, 1.165) is 6.42 Å². The number of ether oxygens (including phenoxy) is 3. The molecule has 0 aliphatic carbocycles. The minimum Gasteiger partial charge on any atom is -0.497 e. The number of fused-ring (bicyclic) bond motifs is 1. The molecule has 0 amide bonds. The fourth-order valence-corrected chi connectivity index (χ4v) is 6.36. The SMILES string of the molecule is CCCC1=C(C(=O)OCC)[C@H](c2cc(OC)ccc2OC)n2c(s/c(=C\c3ccc(-c4ccc(Cl)cc4Cl)o3)c2=O)=N1. The van der Waals surface area contributed by atoms with Gasteiger partial charge in [-0.05, 0) is 61.9 Å². The molecular formula is C31H28Cl2N2O6S. The first kappa shape index (κ1) is 29.7. The molecule has 2 aromatic heterocycles. The Balaban J connectivity index is 1.72. The van der Waals surface area contributed by atoms with E-state index in [2.05, 4.69) is 0 Å². The fourth-order valence-electron chi connectivity index (χ4n) is 4.86. The molecule has 0 saturated carbocycles. The molecule has 1 aliphatic rings. The normalized spacial score (nSPS) is 14.9. The Hall–Kier alpha value is -3.79. The summed E-state index contributed by atoms with van der Waals surface area (Å²) >= 11 is 13.6. The van der Waals surface area contributed by atoms with Crippen LogP contribution in [0.15, 0.2) is 74.0 Å². The van der Waals surface area contributed by atoms with Gasteiger partial charge in [0.05, 0.1) is 41.7 Å². The second-order valence-electron chi connectivity index (χ2n) is 9.35. The lowest BCUT2D eigenvalue weighted by atomic mass is 9.93. The van der Waals surface area contributed by atoms with Gasteiger partial charge in [0.2, 0.25) is 0 Å². The Kier molecular flexibility index (Phi) is 8.91. The molecule has 0 radical (unpaired) electrons. The molecule has 0 saturated heterocycles. The molecule has 0 unspecified atom stereocenters. The van der Waals surface area contributed by atoms with Crippen LogP contribution in [-0.2, 0) is 9.53 Å². The molecule has 3 heterocycles. The summed E-state index contributed by atoms with van der Waals surface area (Å²) in [4.78, 5) is 32.8. The Bertz CT molecular complexity index is 1870. The summed E-state index contributed by atoms with van der Waals surface area (Å²) in [5.74, 6) is 1.49. The smallest absolute Gasteiger partial charge is 0.338 e. The lowest BCUT2D eigenvalue weighted by Crippen LogP contribution is -2.40. The molecule has 8 nitrogen and oxygen atoms in total. The summed E-state index contributed by atoms with van der Waals surface area (Å²) in [5, 5.41) is 0.966. The van der Waals surface area contributed by atoms with Crippen LogP contribution in [0.3, 0.4) is 0 Å². The quantitative estimate of drug-likeness (QED) is 0.207. The van der Waals surface area contributed by atoms with Gasteiger partial charge in [0, 0.05) is 22.2 Å². The van der Waals surface area contributed by atoms with Crippen LogP contribution in [0.5, 0.6) is 11.5 Å². The number of esters is 1. The maximum absolute atomic E-state index is 14.1. The predicted molar refractivity (Wildman–Crippen MR) is 163 cm³/mol. The van der Waals surface area contributed by atoms with Crippen LogP contribution in [0.2, 0.25) is 10.0 Å². The average Bonchev–Trinajstić information content (AvgIpc) is 3.56. The molecule has 218 valence electrons. The number of allylic oxidation sites excluding steroid dienone is 1. The second kappa shape index (κ2) is 12.6. The number of halogens is 2. The first-order chi connectivity index (χ1) is 20.3. The van der Waals surface area contributed by atoms with Gasteiger partial charge in [0.25, 0.3) is 5.56 Å². The van der Waals surface area contributed by atoms with Gasteiger partial charge in [0.1, 0.15) is 29.1 Å². The van der Waals surface area contributed by atoms with E-state index in [1.807, 2.05) is 6.92 Å². The Morgan fingerprint density at radius 3 is 2.60 bits per heavy atom. The molecule has 11 heteroatoms. The molecule has 2 aromatic carbocycles. The summed E-state index contributed by atoms with van der Waals surface area (Å²) in [7, 11) is 3.09. The van der Waals surface area contributed by atoms with Gasteiger partial charge < -0.3 is 18.6 Å². The lowest BCUT2D eigenvalue weighted by Gasteiger charge is -2.27. The monoisotopic (exact) mass is 626 g/mol. The highest BCUT2D eigenvalue weighted by molar-refractivity contribution is 7.07.